The van der Waals surface area contributed by atoms with Crippen molar-refractivity contribution in [3.05, 3.63) is 0 Å². The van der Waals surface area contributed by atoms with Crippen LogP contribution < -0.4 is 0 Å². The van der Waals surface area contributed by atoms with E-state index >= 15 is 0 Å². The second kappa shape index (κ2) is 6.71. The van der Waals surface area contributed by atoms with Gasteiger partial charge in [0.1, 0.15) is 12.2 Å². The van der Waals surface area contributed by atoms with Gasteiger partial charge in [0.25, 0.3) is 0 Å². The Kier molecular flexibility index (Phi) is 6.50. The van der Waals surface area contributed by atoms with Gasteiger partial charge in [-0.3, -0.25) is 0 Å². The zero-order valence-corrected chi connectivity index (χ0v) is 10.2. The van der Waals surface area contributed by atoms with E-state index in [1.165, 1.54) is 0 Å². The van der Waals surface area contributed by atoms with Gasteiger partial charge in [-0.05, 0) is 12.8 Å². The van der Waals surface area contributed by atoms with E-state index in [-0.39, 0.29) is 0 Å². The van der Waals surface area contributed by atoms with Gasteiger partial charge in [0, 0.05) is 0 Å². The maximum Gasteiger partial charge on any atom is 0.332 e. The molecule has 2 atom stereocenters. The molecule has 116 valence electrons. The van der Waals surface area contributed by atoms with Crippen molar-refractivity contribution in [2.45, 2.75) is 63.6 Å². The first-order valence-electron chi connectivity index (χ1n) is 5.49. The molecule has 0 aromatic rings. The van der Waals surface area contributed by atoms with E-state index < -0.39 is 49.7 Å². The van der Waals surface area contributed by atoms with Crippen molar-refractivity contribution >= 4 is 0 Å². The quantitative estimate of drug-likeness (QED) is 0.605. The molecular weight excluding hydrogens is 288 g/mol. The number of alkyl halides is 8. The minimum atomic E-state index is -4.68. The zero-order chi connectivity index (χ0) is 15.4. The third-order valence-electron chi connectivity index (χ3n) is 2.51. The molecule has 0 amide bonds. The second-order valence-corrected chi connectivity index (χ2v) is 3.88. The smallest absolute Gasteiger partial charge is 0.332 e. The van der Waals surface area contributed by atoms with Crippen LogP contribution in [0, 0.1) is 0 Å². The summed E-state index contributed by atoms with van der Waals surface area (Å²) in [5.74, 6) is -9.36. The summed E-state index contributed by atoms with van der Waals surface area (Å²) >= 11 is 0. The van der Waals surface area contributed by atoms with Crippen LogP contribution in [-0.2, 0) is 4.74 Å². The fourth-order valence-electron chi connectivity index (χ4n) is 1.40. The fraction of sp³-hybridized carbons (Fsp3) is 1.00. The molecule has 0 spiro atoms. The predicted octanol–water partition coefficient (Wildman–Crippen LogP) is 4.36. The lowest BCUT2D eigenvalue weighted by molar-refractivity contribution is -0.268. The molecule has 0 aliphatic heterocycles. The van der Waals surface area contributed by atoms with Gasteiger partial charge in [-0.1, -0.05) is 13.8 Å². The second-order valence-electron chi connectivity index (χ2n) is 3.88. The van der Waals surface area contributed by atoms with E-state index in [1.54, 1.807) is 0 Å². The normalized spacial score (nSPS) is 17.1. The molecule has 0 aliphatic carbocycles. The highest BCUT2D eigenvalue weighted by Crippen LogP contribution is 2.36. The van der Waals surface area contributed by atoms with E-state index in [2.05, 4.69) is 4.74 Å². The highest BCUT2D eigenvalue weighted by Gasteiger charge is 2.54. The summed E-state index contributed by atoms with van der Waals surface area (Å²) < 4.78 is 104. The Labute approximate surface area is 104 Å². The fourth-order valence-corrected chi connectivity index (χ4v) is 1.40. The molecule has 1 nitrogen and oxygen atoms in total. The Hall–Kier alpha value is -0.600. The van der Waals surface area contributed by atoms with Crippen molar-refractivity contribution in [3.63, 3.8) is 0 Å². The Balaban J connectivity index is 5.05. The predicted molar refractivity (Wildman–Crippen MR) is 51.1 cm³/mol. The molecule has 0 saturated heterocycles. The van der Waals surface area contributed by atoms with Gasteiger partial charge in [0.15, 0.2) is 0 Å². The summed E-state index contributed by atoms with van der Waals surface area (Å²) in [6.45, 7) is 2.02. The number of hydrogen-bond acceptors (Lipinski definition) is 1. The molecule has 0 aromatic heterocycles. The van der Waals surface area contributed by atoms with Gasteiger partial charge in [0.2, 0.25) is 0 Å². The number of ether oxygens (including phenoxy) is 1. The summed E-state index contributed by atoms with van der Waals surface area (Å²) in [4.78, 5) is 0. The van der Waals surface area contributed by atoms with Crippen molar-refractivity contribution in [1.82, 2.24) is 0 Å². The standard InChI is InChI=1S/C10H14F8O/c1-3-5(9(15,16)7(11)12)19-6(4-2)10(17,18)8(13)14/h5-8H,3-4H2,1-2H3. The van der Waals surface area contributed by atoms with Crippen LogP contribution in [0.4, 0.5) is 35.1 Å². The zero-order valence-electron chi connectivity index (χ0n) is 10.2. The van der Waals surface area contributed by atoms with E-state index in [9.17, 15) is 35.1 Å². The molecule has 2 unspecified atom stereocenters. The summed E-state index contributed by atoms with van der Waals surface area (Å²) in [6, 6.07) is 0. The van der Waals surface area contributed by atoms with Gasteiger partial charge in [-0.25, -0.2) is 17.6 Å². The van der Waals surface area contributed by atoms with Crippen LogP contribution in [0.15, 0.2) is 0 Å². The molecule has 0 radical (unpaired) electrons. The topological polar surface area (TPSA) is 9.23 Å². The third-order valence-corrected chi connectivity index (χ3v) is 2.51. The van der Waals surface area contributed by atoms with Crippen LogP contribution in [0.2, 0.25) is 0 Å². The van der Waals surface area contributed by atoms with Crippen LogP contribution in [0.25, 0.3) is 0 Å². The SMILES string of the molecule is CCC(OC(CC)C(F)(F)C(F)F)C(F)(F)C(F)F. The Morgan fingerprint density at radius 1 is 0.737 bits per heavy atom. The van der Waals surface area contributed by atoms with Gasteiger partial charge in [0.05, 0.1) is 0 Å². The summed E-state index contributed by atoms with van der Waals surface area (Å²) in [5, 5.41) is 0. The van der Waals surface area contributed by atoms with E-state index in [0.29, 0.717) is 0 Å². The number of rotatable bonds is 8. The van der Waals surface area contributed by atoms with Gasteiger partial charge in [-0.15, -0.1) is 0 Å². The summed E-state index contributed by atoms with van der Waals surface area (Å²) in [6.07, 6.45) is -14.8. The van der Waals surface area contributed by atoms with Crippen molar-refractivity contribution in [3.8, 4) is 0 Å². The average molecular weight is 302 g/mol. The largest absolute Gasteiger partial charge is 0.362 e. The lowest BCUT2D eigenvalue weighted by Crippen LogP contribution is -2.49. The highest BCUT2D eigenvalue weighted by molar-refractivity contribution is 4.85. The number of hydrogen-bond donors (Lipinski definition) is 0. The average Bonchev–Trinajstić information content (AvgIpc) is 2.29. The lowest BCUT2D eigenvalue weighted by Gasteiger charge is -2.32. The van der Waals surface area contributed by atoms with Crippen LogP contribution in [0.5, 0.6) is 0 Å². The van der Waals surface area contributed by atoms with Crippen LogP contribution in [0.1, 0.15) is 26.7 Å². The van der Waals surface area contributed by atoms with Crippen molar-refractivity contribution in [1.29, 1.82) is 0 Å². The maximum atomic E-state index is 13.0. The molecule has 9 heteroatoms. The van der Waals surface area contributed by atoms with Gasteiger partial charge >= 0.3 is 24.7 Å². The summed E-state index contributed by atoms with van der Waals surface area (Å²) in [5.41, 5.74) is 0. The van der Waals surface area contributed by atoms with E-state index in [4.69, 9.17) is 0 Å². The maximum absolute atomic E-state index is 13.0. The van der Waals surface area contributed by atoms with Gasteiger partial charge < -0.3 is 4.74 Å². The molecule has 0 aliphatic rings. The molecule has 0 aromatic carbocycles. The Bertz CT molecular complexity index is 242. The van der Waals surface area contributed by atoms with Crippen LogP contribution in [0.3, 0.4) is 0 Å². The summed E-state index contributed by atoms with van der Waals surface area (Å²) in [7, 11) is 0. The van der Waals surface area contributed by atoms with Crippen molar-refractivity contribution in [2.24, 2.45) is 0 Å². The van der Waals surface area contributed by atoms with Crippen molar-refractivity contribution in [2.75, 3.05) is 0 Å². The molecule has 0 fully saturated rings. The first-order valence-corrected chi connectivity index (χ1v) is 5.49. The molecule has 19 heavy (non-hydrogen) atoms. The molecule has 0 bridgehead atoms. The van der Waals surface area contributed by atoms with Crippen LogP contribution in [-0.4, -0.2) is 36.9 Å². The first kappa shape index (κ1) is 18.4. The molecular formula is C10H14F8O. The molecule has 0 saturated carbocycles. The van der Waals surface area contributed by atoms with E-state index in [0.717, 1.165) is 13.8 Å². The molecule has 0 heterocycles. The van der Waals surface area contributed by atoms with Crippen LogP contribution >= 0.6 is 0 Å². The third kappa shape index (κ3) is 4.19. The van der Waals surface area contributed by atoms with Crippen molar-refractivity contribution < 1.29 is 39.9 Å². The Morgan fingerprint density at radius 3 is 1.16 bits per heavy atom. The monoisotopic (exact) mass is 302 g/mol. The minimum Gasteiger partial charge on any atom is -0.362 e. The molecule has 0 N–H and O–H groups in total. The van der Waals surface area contributed by atoms with Gasteiger partial charge in [-0.2, -0.15) is 17.6 Å². The first-order chi connectivity index (χ1) is 8.51. The molecule has 0 rings (SSSR count). The number of halogens is 8. The lowest BCUT2D eigenvalue weighted by atomic mass is 10.1. The minimum absolute atomic E-state index is 0.715. The highest BCUT2D eigenvalue weighted by atomic mass is 19.3. The van der Waals surface area contributed by atoms with E-state index in [1.807, 2.05) is 0 Å². The Morgan fingerprint density at radius 2 is 1.00 bits per heavy atom.